The maximum atomic E-state index is 5.57. The number of aromatic nitrogens is 1. The van der Waals surface area contributed by atoms with Crippen LogP contribution in [0.15, 0.2) is 48.8 Å². The highest BCUT2D eigenvalue weighted by Crippen LogP contribution is 2.21. The summed E-state index contributed by atoms with van der Waals surface area (Å²) in [5, 5.41) is 0. The van der Waals surface area contributed by atoms with E-state index in [1.165, 1.54) is 30.5 Å². The average molecular weight is 354 g/mol. The molecule has 0 aliphatic carbocycles. The maximum Gasteiger partial charge on any atom is 0.119 e. The smallest absolute Gasteiger partial charge is 0.119 e. The van der Waals surface area contributed by atoms with Crippen molar-refractivity contribution >= 4 is 0 Å². The molecule has 0 spiro atoms. The summed E-state index contributed by atoms with van der Waals surface area (Å²) in [4.78, 5) is 9.47. The fourth-order valence-electron chi connectivity index (χ4n) is 3.87. The molecule has 2 aromatic rings. The van der Waals surface area contributed by atoms with Crippen LogP contribution in [0.5, 0.6) is 5.75 Å². The summed E-state index contributed by atoms with van der Waals surface area (Å²) < 4.78 is 5.57. The van der Waals surface area contributed by atoms with E-state index < -0.39 is 0 Å². The van der Waals surface area contributed by atoms with Crippen molar-refractivity contribution in [3.8, 4) is 5.75 Å². The lowest BCUT2D eigenvalue weighted by Crippen LogP contribution is -2.39. The van der Waals surface area contributed by atoms with Crippen LogP contribution < -0.4 is 4.74 Å². The molecule has 3 rings (SSSR count). The molecule has 0 saturated carbocycles. The van der Waals surface area contributed by atoms with Crippen LogP contribution in [0.2, 0.25) is 0 Å². The van der Waals surface area contributed by atoms with Crippen LogP contribution in [-0.2, 0) is 13.1 Å². The van der Waals surface area contributed by atoms with E-state index in [2.05, 4.69) is 52.0 Å². The molecule has 1 aromatic heterocycles. The van der Waals surface area contributed by atoms with Gasteiger partial charge in [0.25, 0.3) is 0 Å². The molecule has 0 N–H and O–H groups in total. The first-order valence-corrected chi connectivity index (χ1v) is 9.85. The molecular formula is C22H31N3O. The van der Waals surface area contributed by atoms with Crippen molar-refractivity contribution < 1.29 is 4.74 Å². The molecular weight excluding hydrogens is 322 g/mol. The summed E-state index contributed by atoms with van der Waals surface area (Å²) in [6.07, 6.45) is 6.45. The standard InChI is InChI=1S/C22H31N3O/c1-3-25-14-6-8-21(25)18-24(17-20-7-5-13-23-15-20)16-19-9-11-22(12-10-19)26-4-2/h5,7,9-13,15,21H,3-4,6,8,14,16-18H2,1-2H3. The number of ether oxygens (including phenoxy) is 1. The summed E-state index contributed by atoms with van der Waals surface area (Å²) in [6.45, 7) is 10.4. The SMILES string of the molecule is CCOc1ccc(CN(Cc2cccnc2)CC2CCCN2CC)cc1. The topological polar surface area (TPSA) is 28.6 Å². The molecule has 1 atom stereocenters. The van der Waals surface area contributed by atoms with Gasteiger partial charge in [-0.15, -0.1) is 0 Å². The zero-order chi connectivity index (χ0) is 18.2. The second-order valence-electron chi connectivity index (χ2n) is 7.03. The van der Waals surface area contributed by atoms with Gasteiger partial charge in [-0.3, -0.25) is 14.8 Å². The predicted molar refractivity (Wildman–Crippen MR) is 106 cm³/mol. The number of likely N-dealkylation sites (tertiary alicyclic amines) is 1. The summed E-state index contributed by atoms with van der Waals surface area (Å²) in [5.74, 6) is 0.947. The van der Waals surface area contributed by atoms with E-state index in [9.17, 15) is 0 Å². The molecule has 1 fully saturated rings. The molecule has 4 heteroatoms. The van der Waals surface area contributed by atoms with Crippen molar-refractivity contribution in [2.75, 3.05) is 26.2 Å². The molecule has 0 amide bonds. The first-order chi connectivity index (χ1) is 12.8. The zero-order valence-corrected chi connectivity index (χ0v) is 16.1. The van der Waals surface area contributed by atoms with Gasteiger partial charge in [-0.2, -0.15) is 0 Å². The van der Waals surface area contributed by atoms with Gasteiger partial charge in [0, 0.05) is 38.1 Å². The quantitative estimate of drug-likeness (QED) is 0.682. The summed E-state index contributed by atoms with van der Waals surface area (Å²) in [6, 6.07) is 13.4. The molecule has 0 bridgehead atoms. The van der Waals surface area contributed by atoms with Gasteiger partial charge in [-0.25, -0.2) is 0 Å². The van der Waals surface area contributed by atoms with Crippen LogP contribution in [0.1, 0.15) is 37.8 Å². The van der Waals surface area contributed by atoms with Crippen LogP contribution in [0, 0.1) is 0 Å². The van der Waals surface area contributed by atoms with Gasteiger partial charge in [0.2, 0.25) is 0 Å². The summed E-state index contributed by atoms with van der Waals surface area (Å²) in [5.41, 5.74) is 2.61. The van der Waals surface area contributed by atoms with Gasteiger partial charge in [0.05, 0.1) is 6.61 Å². The van der Waals surface area contributed by atoms with Crippen LogP contribution in [0.25, 0.3) is 0 Å². The number of rotatable bonds is 9. The highest BCUT2D eigenvalue weighted by Gasteiger charge is 2.25. The van der Waals surface area contributed by atoms with Crippen molar-refractivity contribution in [3.05, 3.63) is 59.9 Å². The number of hydrogen-bond acceptors (Lipinski definition) is 4. The Morgan fingerprint density at radius 1 is 1.12 bits per heavy atom. The van der Waals surface area contributed by atoms with E-state index in [0.29, 0.717) is 12.6 Å². The Balaban J connectivity index is 1.69. The van der Waals surface area contributed by atoms with Gasteiger partial charge in [-0.05, 0) is 62.2 Å². The second kappa shape index (κ2) is 9.70. The van der Waals surface area contributed by atoms with Gasteiger partial charge in [0.15, 0.2) is 0 Å². The van der Waals surface area contributed by atoms with E-state index in [-0.39, 0.29) is 0 Å². The first-order valence-electron chi connectivity index (χ1n) is 9.85. The van der Waals surface area contributed by atoms with Crippen molar-refractivity contribution in [2.24, 2.45) is 0 Å². The minimum absolute atomic E-state index is 0.666. The molecule has 26 heavy (non-hydrogen) atoms. The lowest BCUT2D eigenvalue weighted by molar-refractivity contribution is 0.166. The van der Waals surface area contributed by atoms with Crippen molar-refractivity contribution in [2.45, 2.75) is 45.8 Å². The normalized spacial score (nSPS) is 17.7. The number of benzene rings is 1. The largest absolute Gasteiger partial charge is 0.494 e. The third-order valence-corrected chi connectivity index (χ3v) is 5.14. The Morgan fingerprint density at radius 3 is 2.62 bits per heavy atom. The molecule has 2 heterocycles. The maximum absolute atomic E-state index is 5.57. The number of hydrogen-bond donors (Lipinski definition) is 0. The van der Waals surface area contributed by atoms with Crippen LogP contribution >= 0.6 is 0 Å². The molecule has 1 aromatic carbocycles. The second-order valence-corrected chi connectivity index (χ2v) is 7.03. The van der Waals surface area contributed by atoms with Crippen molar-refractivity contribution in [1.29, 1.82) is 0 Å². The average Bonchev–Trinajstić information content (AvgIpc) is 3.11. The van der Waals surface area contributed by atoms with Crippen LogP contribution in [0.4, 0.5) is 0 Å². The Bertz CT molecular complexity index is 644. The van der Waals surface area contributed by atoms with Gasteiger partial charge in [-0.1, -0.05) is 25.1 Å². The third kappa shape index (κ3) is 5.29. The highest BCUT2D eigenvalue weighted by molar-refractivity contribution is 5.27. The number of likely N-dealkylation sites (N-methyl/N-ethyl adjacent to an activating group) is 1. The van der Waals surface area contributed by atoms with Crippen molar-refractivity contribution in [1.82, 2.24) is 14.8 Å². The van der Waals surface area contributed by atoms with Gasteiger partial charge in [0.1, 0.15) is 5.75 Å². The zero-order valence-electron chi connectivity index (χ0n) is 16.1. The molecule has 1 unspecified atom stereocenters. The van der Waals surface area contributed by atoms with Crippen LogP contribution in [0.3, 0.4) is 0 Å². The Kier molecular flexibility index (Phi) is 7.04. The third-order valence-electron chi connectivity index (χ3n) is 5.14. The van der Waals surface area contributed by atoms with E-state index in [1.807, 2.05) is 25.4 Å². The highest BCUT2D eigenvalue weighted by atomic mass is 16.5. The molecule has 1 aliphatic rings. The molecule has 4 nitrogen and oxygen atoms in total. The van der Waals surface area contributed by atoms with Gasteiger partial charge < -0.3 is 4.74 Å². The fourth-order valence-corrected chi connectivity index (χ4v) is 3.87. The Labute approximate surface area is 157 Å². The van der Waals surface area contributed by atoms with Crippen molar-refractivity contribution in [3.63, 3.8) is 0 Å². The van der Waals surface area contributed by atoms with E-state index in [0.717, 1.165) is 31.9 Å². The van der Waals surface area contributed by atoms with Gasteiger partial charge >= 0.3 is 0 Å². The minimum Gasteiger partial charge on any atom is -0.494 e. The predicted octanol–water partition coefficient (Wildman–Crippen LogP) is 3.97. The minimum atomic E-state index is 0.666. The monoisotopic (exact) mass is 353 g/mol. The lowest BCUT2D eigenvalue weighted by Gasteiger charge is -2.30. The molecule has 1 saturated heterocycles. The number of nitrogens with zero attached hydrogens (tertiary/aromatic N) is 3. The van der Waals surface area contributed by atoms with E-state index in [4.69, 9.17) is 4.74 Å². The molecule has 140 valence electrons. The first kappa shape index (κ1) is 18.9. The molecule has 1 aliphatic heterocycles. The Morgan fingerprint density at radius 2 is 1.92 bits per heavy atom. The molecule has 0 radical (unpaired) electrons. The fraction of sp³-hybridized carbons (Fsp3) is 0.500. The van der Waals surface area contributed by atoms with E-state index >= 15 is 0 Å². The summed E-state index contributed by atoms with van der Waals surface area (Å²) in [7, 11) is 0. The van der Waals surface area contributed by atoms with E-state index in [1.54, 1.807) is 0 Å². The summed E-state index contributed by atoms with van der Waals surface area (Å²) >= 11 is 0. The number of pyridine rings is 1. The van der Waals surface area contributed by atoms with Crippen LogP contribution in [-0.4, -0.2) is 47.1 Å². The lowest BCUT2D eigenvalue weighted by atomic mass is 10.1. The Hall–Kier alpha value is -1.91.